The zero-order valence-electron chi connectivity index (χ0n) is 17.2. The molecule has 2 heterocycles. The maximum atomic E-state index is 12.6. The van der Waals surface area contributed by atoms with E-state index in [1.54, 1.807) is 7.05 Å². The maximum Gasteiger partial charge on any atom is 0.227 e. The summed E-state index contributed by atoms with van der Waals surface area (Å²) in [4.78, 5) is 18.7. The molecule has 1 saturated heterocycles. The number of para-hydroxylation sites is 1. The Labute approximate surface area is 190 Å². The van der Waals surface area contributed by atoms with Crippen LogP contribution in [0.5, 0.6) is 0 Å². The molecule has 0 bridgehead atoms. The lowest BCUT2D eigenvalue weighted by molar-refractivity contribution is -0.118. The summed E-state index contributed by atoms with van der Waals surface area (Å²) in [7, 11) is 1.74. The van der Waals surface area contributed by atoms with Gasteiger partial charge in [0.2, 0.25) is 5.91 Å². The van der Waals surface area contributed by atoms with E-state index < -0.39 is 0 Å². The van der Waals surface area contributed by atoms with Crippen LogP contribution in [0.25, 0.3) is 0 Å². The summed E-state index contributed by atoms with van der Waals surface area (Å²) < 4.78 is 5.52. The number of guanidine groups is 1. The van der Waals surface area contributed by atoms with Crippen molar-refractivity contribution in [1.82, 2.24) is 10.6 Å². The number of hydrogen-bond donors (Lipinski definition) is 3. The summed E-state index contributed by atoms with van der Waals surface area (Å²) in [5.74, 6) is 0.905. The van der Waals surface area contributed by atoms with Gasteiger partial charge in [-0.2, -0.15) is 0 Å². The average Bonchev–Trinajstić information content (AvgIpc) is 3.35. The van der Waals surface area contributed by atoms with Crippen LogP contribution in [0.15, 0.2) is 29.3 Å². The predicted octanol–water partition coefficient (Wildman–Crippen LogP) is 1.93. The summed E-state index contributed by atoms with van der Waals surface area (Å²) in [6.07, 6.45) is 3.88. The molecule has 1 aromatic rings. The average molecular weight is 516 g/mol. The first-order valence-corrected chi connectivity index (χ1v) is 10.2. The molecule has 0 spiro atoms. The predicted molar refractivity (Wildman–Crippen MR) is 126 cm³/mol. The summed E-state index contributed by atoms with van der Waals surface area (Å²) in [5, 5.41) is 16.0. The molecule has 7 nitrogen and oxygen atoms in total. The van der Waals surface area contributed by atoms with Gasteiger partial charge in [-0.15, -0.1) is 24.0 Å². The van der Waals surface area contributed by atoms with Crippen LogP contribution in [0.3, 0.4) is 0 Å². The Kier molecular flexibility index (Phi) is 9.64. The van der Waals surface area contributed by atoms with Crippen LogP contribution in [0, 0.1) is 5.41 Å². The van der Waals surface area contributed by atoms with Gasteiger partial charge in [0.15, 0.2) is 5.96 Å². The monoisotopic (exact) mass is 516 g/mol. The molecule has 1 fully saturated rings. The van der Waals surface area contributed by atoms with Gasteiger partial charge in [-0.05, 0) is 37.3 Å². The topological polar surface area (TPSA) is 86.2 Å². The van der Waals surface area contributed by atoms with Crippen molar-refractivity contribution in [3.8, 4) is 0 Å². The van der Waals surface area contributed by atoms with E-state index in [0.717, 1.165) is 57.0 Å². The highest BCUT2D eigenvalue weighted by atomic mass is 127. The first-order valence-electron chi connectivity index (χ1n) is 10.2. The molecule has 1 amide bonds. The fourth-order valence-corrected chi connectivity index (χ4v) is 3.98. The molecule has 0 aromatic heterocycles. The fraction of sp³-hybridized carbons (Fsp3) is 0.619. The lowest BCUT2D eigenvalue weighted by Crippen LogP contribution is -2.44. The second kappa shape index (κ2) is 11.7. The standard InChI is InChI=1S/C21H32N4O3.HI/c1-22-20(24-15-21(9-13-26)10-14-28-16-21)23-11-4-7-19(27)25-12-8-17-5-2-3-6-18(17)25;/h2-3,5-6,26H,4,7-16H2,1H3,(H2,22,23,24);1H. The van der Waals surface area contributed by atoms with Crippen LogP contribution < -0.4 is 15.5 Å². The molecule has 2 aliphatic heterocycles. The van der Waals surface area contributed by atoms with E-state index in [1.165, 1.54) is 5.56 Å². The molecule has 0 saturated carbocycles. The van der Waals surface area contributed by atoms with Gasteiger partial charge in [-0.1, -0.05) is 18.2 Å². The lowest BCUT2D eigenvalue weighted by Gasteiger charge is -2.27. The molecule has 1 aromatic carbocycles. The van der Waals surface area contributed by atoms with E-state index in [1.807, 2.05) is 23.1 Å². The number of benzene rings is 1. The summed E-state index contributed by atoms with van der Waals surface area (Å²) in [6.45, 7) is 3.77. The van der Waals surface area contributed by atoms with Crippen molar-refractivity contribution < 1.29 is 14.6 Å². The minimum atomic E-state index is -0.0223. The quantitative estimate of drug-likeness (QED) is 0.213. The molecular formula is C21H33IN4O3. The lowest BCUT2D eigenvalue weighted by atomic mass is 9.84. The van der Waals surface area contributed by atoms with Crippen LogP contribution in [-0.2, 0) is 16.0 Å². The molecule has 0 radical (unpaired) electrons. The van der Waals surface area contributed by atoms with Gasteiger partial charge in [-0.3, -0.25) is 9.79 Å². The molecule has 0 aliphatic carbocycles. The number of rotatable bonds is 8. The van der Waals surface area contributed by atoms with Crippen LogP contribution in [0.2, 0.25) is 0 Å². The van der Waals surface area contributed by atoms with Gasteiger partial charge >= 0.3 is 0 Å². The minimum absolute atomic E-state index is 0. The smallest absolute Gasteiger partial charge is 0.227 e. The number of carbonyl (C=O) groups excluding carboxylic acids is 1. The normalized spacial score (nSPS) is 20.9. The van der Waals surface area contributed by atoms with Crippen molar-refractivity contribution in [2.45, 2.75) is 32.1 Å². The number of halogens is 1. The molecule has 29 heavy (non-hydrogen) atoms. The number of amides is 1. The Balaban J connectivity index is 0.00000300. The number of fused-ring (bicyclic) bond motifs is 1. The third kappa shape index (κ3) is 6.29. The van der Waals surface area contributed by atoms with E-state index >= 15 is 0 Å². The number of hydrogen-bond acceptors (Lipinski definition) is 4. The Hall–Kier alpha value is -1.39. The van der Waals surface area contributed by atoms with Crippen molar-refractivity contribution in [2.24, 2.45) is 10.4 Å². The van der Waals surface area contributed by atoms with Crippen molar-refractivity contribution in [3.05, 3.63) is 29.8 Å². The number of carbonyl (C=O) groups is 1. The van der Waals surface area contributed by atoms with Crippen LogP contribution in [-0.4, -0.2) is 63.5 Å². The van der Waals surface area contributed by atoms with Gasteiger partial charge in [0.25, 0.3) is 0 Å². The van der Waals surface area contributed by atoms with Gasteiger partial charge in [0, 0.05) is 57.4 Å². The second-order valence-electron chi connectivity index (χ2n) is 7.66. The fourth-order valence-electron chi connectivity index (χ4n) is 3.98. The third-order valence-electron chi connectivity index (χ3n) is 5.73. The minimum Gasteiger partial charge on any atom is -0.396 e. The van der Waals surface area contributed by atoms with E-state index in [0.29, 0.717) is 19.6 Å². The zero-order chi connectivity index (χ0) is 19.8. The Morgan fingerprint density at radius 1 is 1.34 bits per heavy atom. The number of anilines is 1. The zero-order valence-corrected chi connectivity index (χ0v) is 19.5. The molecule has 1 atom stereocenters. The van der Waals surface area contributed by atoms with E-state index in [-0.39, 0.29) is 41.9 Å². The van der Waals surface area contributed by atoms with E-state index in [2.05, 4.69) is 21.7 Å². The summed E-state index contributed by atoms with van der Waals surface area (Å²) >= 11 is 0. The first kappa shape index (κ1) is 23.9. The molecule has 1 unspecified atom stereocenters. The largest absolute Gasteiger partial charge is 0.396 e. The number of aliphatic imine (C=N–C) groups is 1. The second-order valence-corrected chi connectivity index (χ2v) is 7.66. The molecule has 3 rings (SSSR count). The van der Waals surface area contributed by atoms with Crippen molar-refractivity contribution in [1.29, 1.82) is 0 Å². The number of aliphatic hydroxyl groups is 1. The molecular weight excluding hydrogens is 483 g/mol. The van der Waals surface area contributed by atoms with Crippen molar-refractivity contribution >= 4 is 41.5 Å². The molecule has 3 N–H and O–H groups in total. The summed E-state index contributed by atoms with van der Waals surface area (Å²) in [5.41, 5.74) is 2.29. The SMILES string of the molecule is CN=C(NCCCC(=O)N1CCc2ccccc21)NCC1(CCO)CCOC1.I. The van der Waals surface area contributed by atoms with Crippen LogP contribution >= 0.6 is 24.0 Å². The maximum absolute atomic E-state index is 12.6. The molecule has 8 heteroatoms. The Morgan fingerprint density at radius 2 is 2.17 bits per heavy atom. The third-order valence-corrected chi connectivity index (χ3v) is 5.73. The van der Waals surface area contributed by atoms with Crippen molar-refractivity contribution in [2.75, 3.05) is 51.4 Å². The van der Waals surface area contributed by atoms with Crippen LogP contribution in [0.1, 0.15) is 31.2 Å². The van der Waals surface area contributed by atoms with Crippen molar-refractivity contribution in [3.63, 3.8) is 0 Å². The van der Waals surface area contributed by atoms with E-state index in [9.17, 15) is 9.90 Å². The highest BCUT2D eigenvalue weighted by Gasteiger charge is 2.34. The summed E-state index contributed by atoms with van der Waals surface area (Å²) in [6, 6.07) is 8.14. The Bertz CT molecular complexity index is 692. The van der Waals surface area contributed by atoms with Gasteiger partial charge in [0.1, 0.15) is 0 Å². The highest BCUT2D eigenvalue weighted by molar-refractivity contribution is 14.0. The van der Waals surface area contributed by atoms with Gasteiger partial charge in [-0.25, -0.2) is 0 Å². The number of nitrogens with zero attached hydrogens (tertiary/aromatic N) is 2. The highest BCUT2D eigenvalue weighted by Crippen LogP contribution is 2.31. The number of aliphatic hydroxyl groups excluding tert-OH is 1. The number of ether oxygens (including phenoxy) is 1. The van der Waals surface area contributed by atoms with Gasteiger partial charge < -0.3 is 25.4 Å². The van der Waals surface area contributed by atoms with Crippen LogP contribution in [0.4, 0.5) is 5.69 Å². The number of nitrogens with one attached hydrogen (secondary N) is 2. The molecule has 2 aliphatic rings. The Morgan fingerprint density at radius 3 is 2.90 bits per heavy atom. The van der Waals surface area contributed by atoms with E-state index in [4.69, 9.17) is 4.74 Å². The molecule has 162 valence electrons. The first-order chi connectivity index (χ1) is 13.7. The van der Waals surface area contributed by atoms with Gasteiger partial charge in [0.05, 0.1) is 6.61 Å².